The molecule has 0 aromatic carbocycles. The summed E-state index contributed by atoms with van der Waals surface area (Å²) in [7, 11) is 1.88. The van der Waals surface area contributed by atoms with Gasteiger partial charge >= 0.3 is 0 Å². The molecule has 1 amide bonds. The lowest BCUT2D eigenvalue weighted by atomic mass is 9.99. The minimum absolute atomic E-state index is 0.0833. The second kappa shape index (κ2) is 7.04. The van der Waals surface area contributed by atoms with E-state index in [1.165, 1.54) is 0 Å². The molecule has 0 spiro atoms. The standard InChI is InChI=1S/C13H25N3OS/c1-4-11(12(14)18)13(17)15(3)10-6-8-16(5-2)9-7-10/h10-11H,4-9H2,1-3H3,(H2,14,18). The van der Waals surface area contributed by atoms with Crippen LogP contribution < -0.4 is 5.73 Å². The Hall–Kier alpha value is -0.680. The number of likely N-dealkylation sites (tertiary alicyclic amines) is 1. The third-order valence-corrected chi connectivity index (χ3v) is 4.23. The molecule has 0 bridgehead atoms. The number of piperidine rings is 1. The zero-order valence-electron chi connectivity index (χ0n) is 11.7. The molecular formula is C13H25N3OS. The quantitative estimate of drug-likeness (QED) is 0.764. The first-order chi connectivity index (χ1) is 8.51. The maximum absolute atomic E-state index is 12.3. The Balaban J connectivity index is 2.56. The Kier molecular flexibility index (Phi) is 6.02. The molecule has 2 N–H and O–H groups in total. The van der Waals surface area contributed by atoms with Crippen molar-refractivity contribution in [1.29, 1.82) is 0 Å². The zero-order valence-corrected chi connectivity index (χ0v) is 12.5. The number of thiocarbonyl (C=S) groups is 1. The van der Waals surface area contributed by atoms with E-state index >= 15 is 0 Å². The highest BCUT2D eigenvalue weighted by molar-refractivity contribution is 7.80. The van der Waals surface area contributed by atoms with Crippen molar-refractivity contribution in [2.45, 2.75) is 39.2 Å². The third kappa shape index (κ3) is 3.65. The molecule has 0 saturated carbocycles. The number of hydrogen-bond acceptors (Lipinski definition) is 3. The second-order valence-corrected chi connectivity index (χ2v) is 5.45. The van der Waals surface area contributed by atoms with Gasteiger partial charge < -0.3 is 15.5 Å². The van der Waals surface area contributed by atoms with Gasteiger partial charge in [-0.05, 0) is 25.8 Å². The van der Waals surface area contributed by atoms with E-state index in [-0.39, 0.29) is 11.8 Å². The van der Waals surface area contributed by atoms with Crippen LogP contribution in [0.15, 0.2) is 0 Å². The highest BCUT2D eigenvalue weighted by Crippen LogP contribution is 2.18. The molecule has 1 atom stereocenters. The topological polar surface area (TPSA) is 49.6 Å². The molecule has 0 aliphatic carbocycles. The highest BCUT2D eigenvalue weighted by Gasteiger charge is 2.29. The average molecular weight is 271 g/mol. The maximum atomic E-state index is 12.3. The predicted octanol–water partition coefficient (Wildman–Crippen LogP) is 1.24. The Morgan fingerprint density at radius 3 is 2.39 bits per heavy atom. The highest BCUT2D eigenvalue weighted by atomic mass is 32.1. The van der Waals surface area contributed by atoms with Gasteiger partial charge in [0.05, 0.1) is 10.9 Å². The fourth-order valence-electron chi connectivity index (χ4n) is 2.55. The Morgan fingerprint density at radius 2 is 2.00 bits per heavy atom. The molecule has 1 fully saturated rings. The lowest BCUT2D eigenvalue weighted by molar-refractivity contribution is -0.135. The Bertz CT molecular complexity index is 301. The van der Waals surface area contributed by atoms with Crippen LogP contribution in [0.5, 0.6) is 0 Å². The molecule has 104 valence electrons. The summed E-state index contributed by atoms with van der Waals surface area (Å²) in [5, 5.41) is 0. The molecule has 0 aromatic heterocycles. The summed E-state index contributed by atoms with van der Waals surface area (Å²) in [6, 6.07) is 0.337. The van der Waals surface area contributed by atoms with Crippen molar-refractivity contribution in [3.05, 3.63) is 0 Å². The van der Waals surface area contributed by atoms with Crippen LogP contribution in [0, 0.1) is 5.92 Å². The van der Waals surface area contributed by atoms with Crippen LogP contribution in [0.2, 0.25) is 0 Å². The van der Waals surface area contributed by atoms with E-state index < -0.39 is 0 Å². The molecule has 1 rings (SSSR count). The normalized spacial score (nSPS) is 19.5. The number of nitrogens with two attached hydrogens (primary N) is 1. The fourth-order valence-corrected chi connectivity index (χ4v) is 2.81. The molecule has 1 heterocycles. The van der Waals surface area contributed by atoms with E-state index in [9.17, 15) is 4.79 Å². The number of carbonyl (C=O) groups excluding carboxylic acids is 1. The maximum Gasteiger partial charge on any atom is 0.232 e. The van der Waals surface area contributed by atoms with E-state index in [4.69, 9.17) is 18.0 Å². The van der Waals surface area contributed by atoms with Gasteiger partial charge in [0.15, 0.2) is 0 Å². The van der Waals surface area contributed by atoms with Crippen LogP contribution in [-0.4, -0.2) is 53.4 Å². The van der Waals surface area contributed by atoms with Crippen molar-refractivity contribution in [2.24, 2.45) is 11.7 Å². The van der Waals surface area contributed by atoms with Crippen LogP contribution in [-0.2, 0) is 4.79 Å². The van der Waals surface area contributed by atoms with E-state index in [2.05, 4.69) is 11.8 Å². The molecule has 1 unspecified atom stereocenters. The molecule has 5 heteroatoms. The number of rotatable bonds is 5. The Morgan fingerprint density at radius 1 is 1.44 bits per heavy atom. The van der Waals surface area contributed by atoms with E-state index in [1.54, 1.807) is 0 Å². The van der Waals surface area contributed by atoms with Gasteiger partial charge in [0, 0.05) is 26.2 Å². The third-order valence-electron chi connectivity index (χ3n) is 3.95. The van der Waals surface area contributed by atoms with Crippen LogP contribution >= 0.6 is 12.2 Å². The van der Waals surface area contributed by atoms with Gasteiger partial charge in [0.1, 0.15) is 0 Å². The van der Waals surface area contributed by atoms with Crippen molar-refractivity contribution in [3.8, 4) is 0 Å². The van der Waals surface area contributed by atoms with Gasteiger partial charge in [-0.1, -0.05) is 26.1 Å². The van der Waals surface area contributed by atoms with E-state index in [0.717, 1.165) is 32.5 Å². The van der Waals surface area contributed by atoms with Crippen LogP contribution in [0.25, 0.3) is 0 Å². The fraction of sp³-hybridized carbons (Fsp3) is 0.846. The molecule has 0 aromatic rings. The second-order valence-electron chi connectivity index (χ2n) is 4.98. The summed E-state index contributed by atoms with van der Waals surface area (Å²) in [6.07, 6.45) is 2.78. The average Bonchev–Trinajstić information content (AvgIpc) is 2.38. The van der Waals surface area contributed by atoms with Crippen LogP contribution in [0.4, 0.5) is 0 Å². The van der Waals surface area contributed by atoms with Crippen molar-refractivity contribution < 1.29 is 4.79 Å². The van der Waals surface area contributed by atoms with Crippen LogP contribution in [0.1, 0.15) is 33.1 Å². The SMILES string of the molecule is CCC(C(=O)N(C)C1CCN(CC)CC1)C(N)=S. The lowest BCUT2D eigenvalue weighted by Crippen LogP contribution is -2.48. The van der Waals surface area contributed by atoms with Gasteiger partial charge in [-0.25, -0.2) is 0 Å². The van der Waals surface area contributed by atoms with E-state index in [0.29, 0.717) is 17.5 Å². The van der Waals surface area contributed by atoms with Gasteiger partial charge in [0.25, 0.3) is 0 Å². The zero-order chi connectivity index (χ0) is 13.7. The van der Waals surface area contributed by atoms with Gasteiger partial charge in [-0.15, -0.1) is 0 Å². The molecule has 1 aliphatic heterocycles. The lowest BCUT2D eigenvalue weighted by Gasteiger charge is -2.37. The minimum Gasteiger partial charge on any atom is -0.393 e. The molecule has 4 nitrogen and oxygen atoms in total. The summed E-state index contributed by atoms with van der Waals surface area (Å²) in [6.45, 7) is 7.37. The number of hydrogen-bond donors (Lipinski definition) is 1. The first-order valence-electron chi connectivity index (χ1n) is 6.79. The van der Waals surface area contributed by atoms with Gasteiger partial charge in [-0.2, -0.15) is 0 Å². The molecule has 0 radical (unpaired) electrons. The largest absolute Gasteiger partial charge is 0.393 e. The van der Waals surface area contributed by atoms with Gasteiger partial charge in [0.2, 0.25) is 5.91 Å². The summed E-state index contributed by atoms with van der Waals surface area (Å²) >= 11 is 4.97. The van der Waals surface area contributed by atoms with Crippen molar-refractivity contribution >= 4 is 23.1 Å². The monoisotopic (exact) mass is 271 g/mol. The van der Waals surface area contributed by atoms with E-state index in [1.807, 2.05) is 18.9 Å². The molecule has 18 heavy (non-hydrogen) atoms. The minimum atomic E-state index is -0.297. The Labute approximate surface area is 115 Å². The smallest absolute Gasteiger partial charge is 0.232 e. The summed E-state index contributed by atoms with van der Waals surface area (Å²) in [4.78, 5) is 16.9. The molecule has 1 aliphatic rings. The predicted molar refractivity (Wildman–Crippen MR) is 78.5 cm³/mol. The number of carbonyl (C=O) groups is 1. The van der Waals surface area contributed by atoms with Crippen molar-refractivity contribution in [1.82, 2.24) is 9.80 Å². The first-order valence-corrected chi connectivity index (χ1v) is 7.20. The first kappa shape index (κ1) is 15.4. The molecular weight excluding hydrogens is 246 g/mol. The number of nitrogens with zero attached hydrogens (tertiary/aromatic N) is 2. The molecule has 1 saturated heterocycles. The number of amides is 1. The summed E-state index contributed by atoms with van der Waals surface area (Å²) < 4.78 is 0. The van der Waals surface area contributed by atoms with Crippen molar-refractivity contribution in [2.75, 3.05) is 26.7 Å². The van der Waals surface area contributed by atoms with Gasteiger partial charge in [-0.3, -0.25) is 4.79 Å². The summed E-state index contributed by atoms with van der Waals surface area (Å²) in [5.74, 6) is -0.214. The van der Waals surface area contributed by atoms with Crippen molar-refractivity contribution in [3.63, 3.8) is 0 Å². The van der Waals surface area contributed by atoms with Crippen LogP contribution in [0.3, 0.4) is 0 Å². The summed E-state index contributed by atoms with van der Waals surface area (Å²) in [5.41, 5.74) is 5.63.